The van der Waals surface area contributed by atoms with E-state index in [0.29, 0.717) is 33.1 Å². The number of thioether (sulfide) groups is 1. The van der Waals surface area contributed by atoms with Crippen molar-refractivity contribution in [2.24, 2.45) is 0 Å². The Morgan fingerprint density at radius 2 is 1.97 bits per heavy atom. The van der Waals surface area contributed by atoms with E-state index in [1.807, 2.05) is 19.1 Å². The number of carbonyl (C=O) groups excluding carboxylic acids is 1. The summed E-state index contributed by atoms with van der Waals surface area (Å²) in [6, 6.07) is 19.5. The largest absolute Gasteiger partial charge is 0.325 e. The maximum atomic E-state index is 13.3. The number of nitrogens with zero attached hydrogens (tertiary/aromatic N) is 4. The number of anilines is 1. The number of aromatic nitrogens is 3. The Hall–Kier alpha value is -3.96. The molecule has 1 atom stereocenters. The predicted molar refractivity (Wildman–Crippen MR) is 125 cm³/mol. The zero-order chi connectivity index (χ0) is 22.7. The molecule has 0 fully saturated rings. The molecule has 0 aliphatic carbocycles. The van der Waals surface area contributed by atoms with E-state index in [2.05, 4.69) is 21.4 Å². The van der Waals surface area contributed by atoms with Gasteiger partial charge in [-0.15, -0.1) is 0 Å². The average Bonchev–Trinajstić information content (AvgIpc) is 2.80. The van der Waals surface area contributed by atoms with Crippen LogP contribution in [0.3, 0.4) is 0 Å². The van der Waals surface area contributed by atoms with E-state index >= 15 is 0 Å². The summed E-state index contributed by atoms with van der Waals surface area (Å²) in [5.74, 6) is 0.173. The molecule has 4 rings (SSSR count). The number of nitriles is 1. The molecule has 0 spiro atoms. The van der Waals surface area contributed by atoms with E-state index in [1.54, 1.807) is 61.7 Å². The fourth-order valence-electron chi connectivity index (χ4n) is 3.11. The fourth-order valence-corrected chi connectivity index (χ4v) is 4.02. The number of amides is 1. The minimum absolute atomic E-state index is 0.246. The molecule has 1 N–H and O–H groups in total. The smallest absolute Gasteiger partial charge is 0.267 e. The Balaban J connectivity index is 1.70. The first-order valence-electron chi connectivity index (χ1n) is 9.89. The van der Waals surface area contributed by atoms with Gasteiger partial charge in [0, 0.05) is 11.9 Å². The van der Waals surface area contributed by atoms with Crippen LogP contribution in [0.4, 0.5) is 5.69 Å². The second kappa shape index (κ2) is 9.04. The van der Waals surface area contributed by atoms with Crippen LogP contribution < -0.4 is 10.9 Å². The molecule has 0 bridgehead atoms. The van der Waals surface area contributed by atoms with E-state index in [1.165, 1.54) is 16.3 Å². The molecule has 0 saturated carbocycles. The molecule has 2 heterocycles. The highest BCUT2D eigenvalue weighted by Gasteiger charge is 2.21. The number of aryl methyl sites for hydroxylation is 1. The average molecular weight is 442 g/mol. The molecule has 2 aromatic carbocycles. The molecule has 1 amide bonds. The molecule has 0 radical (unpaired) electrons. The number of rotatable bonds is 5. The number of benzene rings is 2. The van der Waals surface area contributed by atoms with Crippen LogP contribution in [0.15, 0.2) is 76.8 Å². The lowest BCUT2D eigenvalue weighted by molar-refractivity contribution is -0.115. The molecule has 0 aliphatic heterocycles. The standard InChI is InChI=1S/C24H19N5O2S/c1-15-10-11-21(26-14-15)29-23(31)19-8-3-4-9-20(19)28-24(29)32-16(2)22(30)27-18-7-5-6-17(12-18)13-25/h3-12,14,16H,1-2H3,(H,27,30)/t16-/m1/s1. The molecule has 4 aromatic rings. The van der Waals surface area contributed by atoms with Crippen LogP contribution >= 0.6 is 11.8 Å². The minimum Gasteiger partial charge on any atom is -0.325 e. The highest BCUT2D eigenvalue weighted by molar-refractivity contribution is 8.00. The third kappa shape index (κ3) is 4.38. The van der Waals surface area contributed by atoms with E-state index in [-0.39, 0.29) is 11.5 Å². The maximum Gasteiger partial charge on any atom is 0.267 e. The third-order valence-electron chi connectivity index (χ3n) is 4.78. The number of hydrogen-bond acceptors (Lipinski definition) is 6. The van der Waals surface area contributed by atoms with E-state index in [4.69, 9.17) is 5.26 Å². The van der Waals surface area contributed by atoms with E-state index in [0.717, 1.165) is 5.56 Å². The van der Waals surface area contributed by atoms with Crippen LogP contribution in [-0.4, -0.2) is 25.7 Å². The SMILES string of the molecule is Cc1ccc(-n2c(S[C@H](C)C(=O)Nc3cccc(C#N)c3)nc3ccccc3c2=O)nc1. The first-order valence-corrected chi connectivity index (χ1v) is 10.8. The van der Waals surface area contributed by atoms with Crippen molar-refractivity contribution in [1.29, 1.82) is 5.26 Å². The quantitative estimate of drug-likeness (QED) is 0.370. The van der Waals surface area contributed by atoms with E-state index in [9.17, 15) is 9.59 Å². The highest BCUT2D eigenvalue weighted by Crippen LogP contribution is 2.25. The molecule has 0 saturated heterocycles. The van der Waals surface area contributed by atoms with Crippen LogP contribution in [0.25, 0.3) is 16.7 Å². The highest BCUT2D eigenvalue weighted by atomic mass is 32.2. The number of hydrogen-bond donors (Lipinski definition) is 1. The van der Waals surface area contributed by atoms with Gasteiger partial charge in [-0.2, -0.15) is 5.26 Å². The molecular formula is C24H19N5O2S. The number of nitrogens with one attached hydrogen (secondary N) is 1. The molecular weight excluding hydrogens is 422 g/mol. The number of para-hydroxylation sites is 1. The van der Waals surface area contributed by atoms with Gasteiger partial charge in [0.1, 0.15) is 5.82 Å². The van der Waals surface area contributed by atoms with Crippen LogP contribution in [-0.2, 0) is 4.79 Å². The zero-order valence-corrected chi connectivity index (χ0v) is 18.3. The van der Waals surface area contributed by atoms with Crippen molar-refractivity contribution < 1.29 is 4.79 Å². The lowest BCUT2D eigenvalue weighted by atomic mass is 10.2. The number of pyridine rings is 1. The molecule has 0 aliphatic rings. The monoisotopic (exact) mass is 441 g/mol. The van der Waals surface area contributed by atoms with Gasteiger partial charge in [-0.1, -0.05) is 36.0 Å². The zero-order valence-electron chi connectivity index (χ0n) is 17.4. The second-order valence-corrected chi connectivity index (χ2v) is 8.50. The lowest BCUT2D eigenvalue weighted by Gasteiger charge is -2.16. The summed E-state index contributed by atoms with van der Waals surface area (Å²) < 4.78 is 1.44. The van der Waals surface area contributed by atoms with Gasteiger partial charge in [0.25, 0.3) is 5.56 Å². The molecule has 0 unspecified atom stereocenters. The number of carbonyl (C=O) groups is 1. The Kier molecular flexibility index (Phi) is 6.01. The van der Waals surface area contributed by atoms with Gasteiger partial charge < -0.3 is 5.32 Å². The Bertz CT molecular complexity index is 1410. The molecule has 32 heavy (non-hydrogen) atoms. The predicted octanol–water partition coefficient (Wildman–Crippen LogP) is 4.08. The van der Waals surface area contributed by atoms with Crippen molar-refractivity contribution in [1.82, 2.24) is 14.5 Å². The molecule has 158 valence electrons. The first-order chi connectivity index (χ1) is 15.5. The summed E-state index contributed by atoms with van der Waals surface area (Å²) >= 11 is 1.17. The summed E-state index contributed by atoms with van der Waals surface area (Å²) in [6.07, 6.45) is 1.68. The van der Waals surface area contributed by atoms with Gasteiger partial charge in [0.15, 0.2) is 5.16 Å². The van der Waals surface area contributed by atoms with Crippen LogP contribution in [0, 0.1) is 18.3 Å². The van der Waals surface area contributed by atoms with Crippen molar-refractivity contribution in [2.75, 3.05) is 5.32 Å². The summed E-state index contributed by atoms with van der Waals surface area (Å²) in [5.41, 5.74) is 2.27. The minimum atomic E-state index is -0.564. The summed E-state index contributed by atoms with van der Waals surface area (Å²) in [6.45, 7) is 3.66. The van der Waals surface area contributed by atoms with Crippen LogP contribution in [0.5, 0.6) is 0 Å². The molecule has 7 nitrogen and oxygen atoms in total. The van der Waals surface area contributed by atoms with Gasteiger partial charge in [-0.25, -0.2) is 14.5 Å². The maximum absolute atomic E-state index is 13.3. The molecule has 2 aromatic heterocycles. The van der Waals surface area contributed by atoms with Crippen LogP contribution in [0.2, 0.25) is 0 Å². The van der Waals surface area contributed by atoms with Crippen molar-refractivity contribution >= 4 is 34.3 Å². The third-order valence-corrected chi connectivity index (χ3v) is 5.83. The summed E-state index contributed by atoms with van der Waals surface area (Å²) in [7, 11) is 0. The first kappa shape index (κ1) is 21.3. The Morgan fingerprint density at radius 1 is 1.16 bits per heavy atom. The van der Waals surface area contributed by atoms with Crippen molar-refractivity contribution in [3.63, 3.8) is 0 Å². The normalized spacial score (nSPS) is 11.7. The fraction of sp³-hybridized carbons (Fsp3) is 0.125. The van der Waals surface area contributed by atoms with Gasteiger partial charge in [0.05, 0.1) is 27.8 Å². The van der Waals surface area contributed by atoms with E-state index < -0.39 is 5.25 Å². The summed E-state index contributed by atoms with van der Waals surface area (Å²) in [4.78, 5) is 35.1. The topological polar surface area (TPSA) is 101 Å². The molecule has 8 heteroatoms. The van der Waals surface area contributed by atoms with Gasteiger partial charge >= 0.3 is 0 Å². The van der Waals surface area contributed by atoms with Crippen molar-refractivity contribution in [3.05, 3.63) is 88.3 Å². The summed E-state index contributed by atoms with van der Waals surface area (Å²) in [5, 5.41) is 12.2. The van der Waals surface area contributed by atoms with Crippen molar-refractivity contribution in [3.8, 4) is 11.9 Å². The lowest BCUT2D eigenvalue weighted by Crippen LogP contribution is -2.26. The van der Waals surface area contributed by atoms with Gasteiger partial charge in [-0.05, 0) is 55.8 Å². The Labute approximate surface area is 188 Å². The van der Waals surface area contributed by atoms with Crippen molar-refractivity contribution in [2.45, 2.75) is 24.3 Å². The second-order valence-electron chi connectivity index (χ2n) is 7.19. The van der Waals surface area contributed by atoms with Crippen LogP contribution in [0.1, 0.15) is 18.1 Å². The van der Waals surface area contributed by atoms with Gasteiger partial charge in [-0.3, -0.25) is 9.59 Å². The number of fused-ring (bicyclic) bond motifs is 1. The Morgan fingerprint density at radius 3 is 2.72 bits per heavy atom. The van der Waals surface area contributed by atoms with Gasteiger partial charge in [0.2, 0.25) is 5.91 Å².